The van der Waals surface area contributed by atoms with Crippen LogP contribution in [-0.2, 0) is 9.59 Å². The Hall–Kier alpha value is -3.51. The van der Waals surface area contributed by atoms with Gasteiger partial charge in [0.15, 0.2) is 0 Å². The quantitative estimate of drug-likeness (QED) is 0.393. The second kappa shape index (κ2) is 7.48. The zero-order valence-corrected chi connectivity index (χ0v) is 15.7. The Morgan fingerprint density at radius 3 is 2.45 bits per heavy atom. The van der Waals surface area contributed by atoms with Crippen LogP contribution in [0.2, 0.25) is 5.02 Å². The zero-order chi connectivity index (χ0) is 20.5. The number of aliphatic hydroxyl groups excluding tert-OH is 1. The van der Waals surface area contributed by atoms with E-state index in [2.05, 4.69) is 4.98 Å². The normalized spacial score (nSPS) is 18.3. The number of rotatable bonds is 3. The summed E-state index contributed by atoms with van der Waals surface area (Å²) in [5.41, 5.74) is 0.893. The number of halogens is 2. The number of aliphatic hydroxyl groups is 1. The molecule has 29 heavy (non-hydrogen) atoms. The second-order valence-electron chi connectivity index (χ2n) is 6.41. The van der Waals surface area contributed by atoms with Crippen LogP contribution in [0, 0.1) is 5.82 Å². The van der Waals surface area contributed by atoms with E-state index in [1.165, 1.54) is 41.4 Å². The van der Waals surface area contributed by atoms with Gasteiger partial charge in [0.05, 0.1) is 11.3 Å². The van der Waals surface area contributed by atoms with Gasteiger partial charge in [-0.2, -0.15) is 0 Å². The first-order valence-electron chi connectivity index (χ1n) is 8.71. The number of nitrogens with zero attached hydrogens (tertiary/aromatic N) is 2. The number of carbonyl (C=O) groups is 2. The molecule has 1 aliphatic heterocycles. The highest BCUT2D eigenvalue weighted by molar-refractivity contribution is 6.51. The first kappa shape index (κ1) is 18.8. The molecule has 144 valence electrons. The Bertz CT molecular complexity index is 1130. The first-order chi connectivity index (χ1) is 14.0. The summed E-state index contributed by atoms with van der Waals surface area (Å²) < 4.78 is 13.4. The van der Waals surface area contributed by atoms with Gasteiger partial charge in [-0.1, -0.05) is 29.8 Å². The molecule has 0 saturated carbocycles. The van der Waals surface area contributed by atoms with Crippen molar-refractivity contribution in [1.29, 1.82) is 0 Å². The predicted octanol–water partition coefficient (Wildman–Crippen LogP) is 4.50. The van der Waals surface area contributed by atoms with E-state index in [1.54, 1.807) is 36.4 Å². The number of benzene rings is 2. The van der Waals surface area contributed by atoms with Crippen molar-refractivity contribution in [3.05, 3.63) is 101 Å². The standard InChI is InChI=1S/C22H14ClFN2O3/c23-14-5-3-4-13(12-14)20(27)18-19(17-6-1-2-11-25-17)26(22(29)21(18)28)16-9-7-15(24)8-10-16/h1-12,19,27H/b20-18-. The summed E-state index contributed by atoms with van der Waals surface area (Å²) in [6, 6.07) is 15.6. The number of carbonyl (C=O) groups excluding carboxylic acids is 2. The van der Waals surface area contributed by atoms with Crippen LogP contribution in [-0.4, -0.2) is 21.8 Å². The van der Waals surface area contributed by atoms with E-state index in [9.17, 15) is 19.1 Å². The van der Waals surface area contributed by atoms with Crippen molar-refractivity contribution in [2.24, 2.45) is 0 Å². The maximum Gasteiger partial charge on any atom is 0.300 e. The van der Waals surface area contributed by atoms with Gasteiger partial charge in [-0.15, -0.1) is 0 Å². The third kappa shape index (κ3) is 3.39. The number of ketones is 1. The van der Waals surface area contributed by atoms with Crippen LogP contribution in [0.1, 0.15) is 17.3 Å². The first-order valence-corrected chi connectivity index (χ1v) is 9.08. The molecule has 0 aliphatic carbocycles. The van der Waals surface area contributed by atoms with E-state index in [0.717, 1.165) is 0 Å². The minimum Gasteiger partial charge on any atom is -0.507 e. The lowest BCUT2D eigenvalue weighted by atomic mass is 9.98. The fraction of sp³-hybridized carbons (Fsp3) is 0.0455. The Balaban J connectivity index is 1.94. The molecule has 1 N–H and O–H groups in total. The van der Waals surface area contributed by atoms with E-state index in [1.807, 2.05) is 0 Å². The fourth-order valence-electron chi connectivity index (χ4n) is 3.31. The van der Waals surface area contributed by atoms with Crippen LogP contribution in [0.25, 0.3) is 5.76 Å². The van der Waals surface area contributed by atoms with Crippen molar-refractivity contribution in [2.45, 2.75) is 6.04 Å². The molecule has 1 unspecified atom stereocenters. The molecule has 1 aromatic heterocycles. The van der Waals surface area contributed by atoms with Crippen LogP contribution in [0.3, 0.4) is 0 Å². The molecule has 0 bridgehead atoms. The Labute approximate surface area is 170 Å². The summed E-state index contributed by atoms with van der Waals surface area (Å²) in [5, 5.41) is 11.3. The maximum absolute atomic E-state index is 13.4. The lowest BCUT2D eigenvalue weighted by Gasteiger charge is -2.24. The molecule has 1 aliphatic rings. The van der Waals surface area contributed by atoms with Crippen molar-refractivity contribution >= 4 is 34.7 Å². The smallest absolute Gasteiger partial charge is 0.300 e. The number of pyridine rings is 1. The van der Waals surface area contributed by atoms with Crippen molar-refractivity contribution in [3.8, 4) is 0 Å². The van der Waals surface area contributed by atoms with Crippen LogP contribution >= 0.6 is 11.6 Å². The summed E-state index contributed by atoms with van der Waals surface area (Å²) in [5.74, 6) is -2.52. The second-order valence-corrected chi connectivity index (χ2v) is 6.85. The van der Waals surface area contributed by atoms with Crippen molar-refractivity contribution in [3.63, 3.8) is 0 Å². The maximum atomic E-state index is 13.4. The summed E-state index contributed by atoms with van der Waals surface area (Å²) >= 11 is 6.01. The zero-order valence-electron chi connectivity index (χ0n) is 14.9. The predicted molar refractivity (Wildman–Crippen MR) is 107 cm³/mol. The molecule has 2 heterocycles. The van der Waals surface area contributed by atoms with E-state index < -0.39 is 23.5 Å². The summed E-state index contributed by atoms with van der Waals surface area (Å²) in [6.45, 7) is 0. The van der Waals surface area contributed by atoms with Gasteiger partial charge in [0.25, 0.3) is 11.7 Å². The van der Waals surface area contributed by atoms with Gasteiger partial charge in [-0.3, -0.25) is 19.5 Å². The average molecular weight is 409 g/mol. The molecule has 1 fully saturated rings. The summed E-state index contributed by atoms with van der Waals surface area (Å²) in [6.07, 6.45) is 1.53. The third-order valence-electron chi connectivity index (χ3n) is 4.62. The number of aromatic nitrogens is 1. The van der Waals surface area contributed by atoms with Crippen LogP contribution < -0.4 is 4.90 Å². The van der Waals surface area contributed by atoms with E-state index in [4.69, 9.17) is 11.6 Å². The lowest BCUT2D eigenvalue weighted by Crippen LogP contribution is -2.29. The Morgan fingerprint density at radius 1 is 1.03 bits per heavy atom. The van der Waals surface area contributed by atoms with Crippen LogP contribution in [0.4, 0.5) is 10.1 Å². The van der Waals surface area contributed by atoms with E-state index >= 15 is 0 Å². The SMILES string of the molecule is O=C1C(=O)N(c2ccc(F)cc2)C(c2ccccn2)/C1=C(/O)c1cccc(Cl)c1. The molecular formula is C22H14ClFN2O3. The summed E-state index contributed by atoms with van der Waals surface area (Å²) in [4.78, 5) is 31.3. The third-order valence-corrected chi connectivity index (χ3v) is 4.85. The lowest BCUT2D eigenvalue weighted by molar-refractivity contribution is -0.132. The van der Waals surface area contributed by atoms with E-state index in [-0.39, 0.29) is 11.3 Å². The van der Waals surface area contributed by atoms with Gasteiger partial charge < -0.3 is 5.11 Å². The van der Waals surface area contributed by atoms with Gasteiger partial charge in [-0.25, -0.2) is 4.39 Å². The minimum atomic E-state index is -0.972. The van der Waals surface area contributed by atoms with Crippen molar-refractivity contribution < 1.29 is 19.1 Å². The Morgan fingerprint density at radius 2 is 1.79 bits per heavy atom. The molecule has 4 rings (SSSR count). The topological polar surface area (TPSA) is 70.5 Å². The molecular weight excluding hydrogens is 395 g/mol. The number of hydrogen-bond acceptors (Lipinski definition) is 4. The number of Topliss-reactive ketones (excluding diaryl/α,β-unsaturated/α-hetero) is 1. The monoisotopic (exact) mass is 408 g/mol. The number of amides is 1. The summed E-state index contributed by atoms with van der Waals surface area (Å²) in [7, 11) is 0. The Kier molecular flexibility index (Phi) is 4.86. The van der Waals surface area contributed by atoms with Gasteiger partial charge in [-0.05, 0) is 48.5 Å². The molecule has 5 nitrogen and oxygen atoms in total. The molecule has 1 atom stereocenters. The molecule has 1 saturated heterocycles. The highest BCUT2D eigenvalue weighted by atomic mass is 35.5. The average Bonchev–Trinajstić information content (AvgIpc) is 3.00. The van der Waals surface area contributed by atoms with Gasteiger partial charge in [0.1, 0.15) is 17.6 Å². The highest BCUT2D eigenvalue weighted by Gasteiger charge is 2.47. The van der Waals surface area contributed by atoms with Gasteiger partial charge in [0.2, 0.25) is 0 Å². The molecule has 3 aromatic rings. The molecule has 2 aromatic carbocycles. The van der Waals surface area contributed by atoms with E-state index in [0.29, 0.717) is 22.0 Å². The minimum absolute atomic E-state index is 0.111. The largest absolute Gasteiger partial charge is 0.507 e. The molecule has 0 radical (unpaired) electrons. The fourth-order valence-corrected chi connectivity index (χ4v) is 3.50. The van der Waals surface area contributed by atoms with Crippen molar-refractivity contribution in [1.82, 2.24) is 4.98 Å². The molecule has 0 spiro atoms. The molecule has 7 heteroatoms. The number of hydrogen-bond donors (Lipinski definition) is 1. The van der Waals surface area contributed by atoms with Crippen molar-refractivity contribution in [2.75, 3.05) is 4.90 Å². The van der Waals surface area contributed by atoms with Crippen LogP contribution in [0.5, 0.6) is 0 Å². The van der Waals surface area contributed by atoms with Crippen LogP contribution in [0.15, 0.2) is 78.5 Å². The number of anilines is 1. The van der Waals surface area contributed by atoms with Gasteiger partial charge in [0, 0.05) is 22.5 Å². The molecule has 1 amide bonds. The highest BCUT2D eigenvalue weighted by Crippen LogP contribution is 2.41. The van der Waals surface area contributed by atoms with Gasteiger partial charge >= 0.3 is 0 Å².